The molecule has 0 aromatic heterocycles. The second-order valence-electron chi connectivity index (χ2n) is 13.4. The topological polar surface area (TPSA) is 51.2 Å². The summed E-state index contributed by atoms with van der Waals surface area (Å²) in [4.78, 5) is 37.1. The maximum Gasteiger partial charge on any atom is 0.143 e. The summed E-state index contributed by atoms with van der Waals surface area (Å²) in [7, 11) is 0. The Kier molecular flexibility index (Phi) is 14.9. The molecule has 0 aliphatic heterocycles. The van der Waals surface area contributed by atoms with E-state index in [0.29, 0.717) is 30.0 Å². The van der Waals surface area contributed by atoms with Gasteiger partial charge >= 0.3 is 0 Å². The molecule has 0 spiro atoms. The van der Waals surface area contributed by atoms with E-state index in [0.717, 1.165) is 38.5 Å². The number of Topliss-reactive ketones (excluding diaryl/α,β-unsaturated/α-hetero) is 3. The van der Waals surface area contributed by atoms with Gasteiger partial charge in [-0.05, 0) is 67.8 Å². The summed E-state index contributed by atoms with van der Waals surface area (Å²) in [6.07, 6.45) is 11.3. The van der Waals surface area contributed by atoms with E-state index < -0.39 is 0 Å². The molecule has 3 atom stereocenters. The lowest BCUT2D eigenvalue weighted by molar-refractivity contribution is -0.129. The minimum atomic E-state index is -0.0657. The molecule has 0 N–H and O–H groups in total. The maximum absolute atomic E-state index is 12.9. The van der Waals surface area contributed by atoms with Crippen LogP contribution in [-0.4, -0.2) is 17.3 Å². The highest BCUT2D eigenvalue weighted by Gasteiger charge is 2.30. The molecule has 1 aliphatic carbocycles. The van der Waals surface area contributed by atoms with E-state index in [1.807, 2.05) is 0 Å². The van der Waals surface area contributed by atoms with Crippen LogP contribution >= 0.6 is 0 Å². The molecule has 0 fully saturated rings. The zero-order valence-electron chi connectivity index (χ0n) is 25.0. The van der Waals surface area contributed by atoms with E-state index in [2.05, 4.69) is 81.4 Å². The van der Waals surface area contributed by atoms with Crippen molar-refractivity contribution in [3.63, 3.8) is 0 Å². The maximum atomic E-state index is 12.9. The van der Waals surface area contributed by atoms with Crippen LogP contribution in [0.5, 0.6) is 0 Å². The van der Waals surface area contributed by atoms with Gasteiger partial charge in [-0.3, -0.25) is 14.4 Å². The molecule has 0 saturated carbocycles. The van der Waals surface area contributed by atoms with Gasteiger partial charge < -0.3 is 0 Å². The summed E-state index contributed by atoms with van der Waals surface area (Å²) in [6.45, 7) is 23.1. The zero-order valence-corrected chi connectivity index (χ0v) is 25.0. The van der Waals surface area contributed by atoms with Gasteiger partial charge in [0.2, 0.25) is 0 Å². The predicted octanol–water partition coefficient (Wildman–Crippen LogP) is 9.10. The first-order valence-electron chi connectivity index (χ1n) is 13.9. The van der Waals surface area contributed by atoms with Gasteiger partial charge in [0.15, 0.2) is 0 Å². The Bertz CT molecular complexity index is 734. The molecule has 202 valence electrons. The molecular formula is C32H56O3. The summed E-state index contributed by atoms with van der Waals surface area (Å²) in [5.41, 5.74) is 2.99. The van der Waals surface area contributed by atoms with Gasteiger partial charge in [-0.25, -0.2) is 0 Å². The van der Waals surface area contributed by atoms with Gasteiger partial charge in [-0.1, -0.05) is 92.9 Å². The standard InChI is InChI=1S/C27H44O3.C5H12/c1-8-12-22(24(9-2)26(30)16-20(4)28)17-21-13-10-11-14-25(27(5,6)7)19(3)15-23(29)18-21;1-5(2,3)4/h11,14,21-22,24H,8-10,12-13,15-18H2,1-7H3;1-4H3/b14-11-,25-19+;. The molecule has 3 unspecified atom stereocenters. The molecule has 0 aromatic rings. The second kappa shape index (κ2) is 15.6. The summed E-state index contributed by atoms with van der Waals surface area (Å²) >= 11 is 0. The highest BCUT2D eigenvalue weighted by Crippen LogP contribution is 2.35. The van der Waals surface area contributed by atoms with Crippen molar-refractivity contribution in [2.24, 2.45) is 28.6 Å². The van der Waals surface area contributed by atoms with Crippen molar-refractivity contribution in [2.75, 3.05) is 0 Å². The summed E-state index contributed by atoms with van der Waals surface area (Å²) in [5, 5.41) is 0. The molecule has 3 heteroatoms. The van der Waals surface area contributed by atoms with Crippen LogP contribution in [0.25, 0.3) is 0 Å². The lowest BCUT2D eigenvalue weighted by Gasteiger charge is -2.29. The minimum absolute atomic E-state index is 0.0388. The fraction of sp³-hybridized carbons (Fsp3) is 0.781. The quantitative estimate of drug-likeness (QED) is 0.304. The highest BCUT2D eigenvalue weighted by atomic mass is 16.1. The van der Waals surface area contributed by atoms with Crippen LogP contribution in [0.1, 0.15) is 134 Å². The van der Waals surface area contributed by atoms with E-state index in [1.54, 1.807) is 0 Å². The number of rotatable bonds is 9. The molecule has 0 heterocycles. The smallest absolute Gasteiger partial charge is 0.143 e. The van der Waals surface area contributed by atoms with Crippen molar-refractivity contribution in [3.05, 3.63) is 23.3 Å². The Balaban J connectivity index is 0.00000209. The van der Waals surface area contributed by atoms with Gasteiger partial charge in [0.05, 0.1) is 6.42 Å². The van der Waals surface area contributed by atoms with Crippen molar-refractivity contribution in [1.29, 1.82) is 0 Å². The summed E-state index contributed by atoms with van der Waals surface area (Å²) in [6, 6.07) is 0. The van der Waals surface area contributed by atoms with E-state index in [9.17, 15) is 14.4 Å². The minimum Gasteiger partial charge on any atom is -0.300 e. The molecule has 0 radical (unpaired) electrons. The third kappa shape index (κ3) is 15.3. The highest BCUT2D eigenvalue weighted by molar-refractivity contribution is 5.99. The summed E-state index contributed by atoms with van der Waals surface area (Å²) < 4.78 is 0. The fourth-order valence-electron chi connectivity index (χ4n) is 5.14. The SMILES string of the molecule is CC(C)(C)C.CCCC(CC1CC/C=C\C(C(C)(C)C)=C(\C)CC(=O)C1)C(CC)C(=O)CC(C)=O. The molecule has 0 bridgehead atoms. The van der Waals surface area contributed by atoms with Gasteiger partial charge in [-0.15, -0.1) is 0 Å². The Morgan fingerprint density at radius 3 is 2.09 bits per heavy atom. The Labute approximate surface area is 217 Å². The molecule has 0 amide bonds. The number of hydrogen-bond acceptors (Lipinski definition) is 3. The molecule has 3 nitrogen and oxygen atoms in total. The number of ketones is 3. The van der Waals surface area contributed by atoms with Crippen molar-refractivity contribution in [3.8, 4) is 0 Å². The molecule has 35 heavy (non-hydrogen) atoms. The molecule has 1 rings (SSSR count). The van der Waals surface area contributed by atoms with Crippen molar-refractivity contribution in [1.82, 2.24) is 0 Å². The van der Waals surface area contributed by atoms with Crippen LogP contribution in [0.3, 0.4) is 0 Å². The largest absolute Gasteiger partial charge is 0.300 e. The lowest BCUT2D eigenvalue weighted by atomic mass is 9.74. The average molecular weight is 489 g/mol. The molecule has 0 aromatic carbocycles. The number of hydrogen-bond donors (Lipinski definition) is 0. The lowest BCUT2D eigenvalue weighted by Crippen LogP contribution is -2.27. The number of carbonyl (C=O) groups excluding carboxylic acids is 3. The summed E-state index contributed by atoms with van der Waals surface area (Å²) in [5.74, 6) is 0.852. The first-order chi connectivity index (χ1) is 16.0. The zero-order chi connectivity index (χ0) is 27.4. The number of carbonyl (C=O) groups is 3. The van der Waals surface area contributed by atoms with Crippen LogP contribution in [-0.2, 0) is 14.4 Å². The Morgan fingerprint density at radius 2 is 1.63 bits per heavy atom. The second-order valence-corrected chi connectivity index (χ2v) is 13.4. The first kappa shape index (κ1) is 33.5. The number of allylic oxidation sites excluding steroid dienone is 4. The van der Waals surface area contributed by atoms with Crippen molar-refractivity contribution in [2.45, 2.75) is 134 Å². The van der Waals surface area contributed by atoms with Crippen LogP contribution in [0.2, 0.25) is 0 Å². The van der Waals surface area contributed by atoms with Crippen LogP contribution < -0.4 is 0 Å². The molecule has 1 aliphatic rings. The predicted molar refractivity (Wildman–Crippen MR) is 150 cm³/mol. The average Bonchev–Trinajstić information content (AvgIpc) is 2.64. The van der Waals surface area contributed by atoms with Gasteiger partial charge in [-0.2, -0.15) is 0 Å². The monoisotopic (exact) mass is 488 g/mol. The van der Waals surface area contributed by atoms with Gasteiger partial charge in [0.1, 0.15) is 17.3 Å². The van der Waals surface area contributed by atoms with Crippen molar-refractivity contribution < 1.29 is 14.4 Å². The van der Waals surface area contributed by atoms with Gasteiger partial charge in [0, 0.05) is 18.8 Å². The Morgan fingerprint density at radius 1 is 1.06 bits per heavy atom. The van der Waals surface area contributed by atoms with E-state index in [-0.39, 0.29) is 35.2 Å². The first-order valence-corrected chi connectivity index (χ1v) is 13.9. The third-order valence-corrected chi connectivity index (χ3v) is 6.41. The van der Waals surface area contributed by atoms with Crippen LogP contribution in [0.15, 0.2) is 23.3 Å². The Hall–Kier alpha value is -1.51. The fourth-order valence-corrected chi connectivity index (χ4v) is 5.14. The third-order valence-electron chi connectivity index (χ3n) is 6.41. The van der Waals surface area contributed by atoms with Gasteiger partial charge in [0.25, 0.3) is 0 Å². The van der Waals surface area contributed by atoms with E-state index >= 15 is 0 Å². The van der Waals surface area contributed by atoms with E-state index in [1.165, 1.54) is 18.1 Å². The molecule has 0 saturated heterocycles. The van der Waals surface area contributed by atoms with E-state index in [4.69, 9.17) is 0 Å². The van der Waals surface area contributed by atoms with Crippen molar-refractivity contribution >= 4 is 17.3 Å². The van der Waals surface area contributed by atoms with Crippen LogP contribution in [0.4, 0.5) is 0 Å². The normalized spacial score (nSPS) is 22.5. The van der Waals surface area contributed by atoms with Crippen LogP contribution in [0, 0.1) is 28.6 Å². The molecular weight excluding hydrogens is 432 g/mol.